The van der Waals surface area contributed by atoms with Crippen LogP contribution >= 0.6 is 0 Å². The summed E-state index contributed by atoms with van der Waals surface area (Å²) in [5.74, 6) is 0. The van der Waals surface area contributed by atoms with Gasteiger partial charge in [-0.1, -0.05) is 24.3 Å². The molecule has 8 heteroatoms. The third kappa shape index (κ3) is 4.03. The van der Waals surface area contributed by atoms with Crippen LogP contribution in [-0.4, -0.2) is 24.2 Å². The zero-order valence-electron chi connectivity index (χ0n) is 12.3. The van der Waals surface area contributed by atoms with Crippen molar-refractivity contribution >= 4 is 29.3 Å². The number of nitro groups is 1. The fourth-order valence-corrected chi connectivity index (χ4v) is 2.01. The lowest BCUT2D eigenvalue weighted by atomic mass is 10.1. The lowest BCUT2D eigenvalue weighted by molar-refractivity contribution is -0.384. The number of para-hydroxylation sites is 1. The van der Waals surface area contributed by atoms with Crippen LogP contribution in [-0.2, 0) is 0 Å². The normalized spacial score (nSPS) is 10.5. The molecule has 0 atom stereocenters. The maximum absolute atomic E-state index is 11.3. The molecule has 2 amide bonds. The molecular weight excluding hydrogens is 298 g/mol. The molecule has 0 unspecified atom stereocenters. The molecule has 0 radical (unpaired) electrons. The average Bonchev–Trinajstić information content (AvgIpc) is 2.54. The first-order valence-corrected chi connectivity index (χ1v) is 6.65. The number of nitrogens with zero attached hydrogens (tertiary/aromatic N) is 3. The van der Waals surface area contributed by atoms with Crippen molar-refractivity contribution in [2.45, 2.75) is 0 Å². The molecule has 0 spiro atoms. The molecule has 3 N–H and O–H groups in total. The van der Waals surface area contributed by atoms with Gasteiger partial charge in [-0.3, -0.25) is 10.1 Å². The fraction of sp³-hybridized carbons (Fsp3) is 0.0667. The molecule has 2 aromatic carbocycles. The Hall–Kier alpha value is -3.42. The van der Waals surface area contributed by atoms with Crippen LogP contribution in [0.3, 0.4) is 0 Å². The van der Waals surface area contributed by atoms with E-state index in [-0.39, 0.29) is 5.69 Å². The molecule has 2 aromatic rings. The average molecular weight is 313 g/mol. The van der Waals surface area contributed by atoms with Crippen molar-refractivity contribution < 1.29 is 9.72 Å². The number of amides is 2. The molecule has 0 saturated carbocycles. The first-order chi connectivity index (χ1) is 11.0. The Labute approximate surface area is 132 Å². The molecule has 23 heavy (non-hydrogen) atoms. The van der Waals surface area contributed by atoms with Gasteiger partial charge >= 0.3 is 6.03 Å². The van der Waals surface area contributed by atoms with Gasteiger partial charge in [0.25, 0.3) is 5.69 Å². The summed E-state index contributed by atoms with van der Waals surface area (Å²) in [7, 11) is 1.75. The number of hydrogen-bond acceptors (Lipinski definition) is 5. The number of primary amides is 1. The van der Waals surface area contributed by atoms with E-state index in [1.807, 2.05) is 35.8 Å². The largest absolute Gasteiger partial charge is 0.350 e. The van der Waals surface area contributed by atoms with Crippen LogP contribution in [0.15, 0.2) is 53.6 Å². The second-order valence-corrected chi connectivity index (χ2v) is 4.63. The minimum Gasteiger partial charge on any atom is -0.350 e. The summed E-state index contributed by atoms with van der Waals surface area (Å²) in [6, 6.07) is 13.1. The van der Waals surface area contributed by atoms with Crippen LogP contribution in [0.5, 0.6) is 0 Å². The predicted molar refractivity (Wildman–Crippen MR) is 87.9 cm³/mol. The van der Waals surface area contributed by atoms with Gasteiger partial charge in [0.05, 0.1) is 11.1 Å². The molecule has 2 rings (SSSR count). The number of hydrazone groups is 1. The van der Waals surface area contributed by atoms with Gasteiger partial charge in [0.1, 0.15) is 5.69 Å². The molecule has 0 fully saturated rings. The Balaban J connectivity index is 2.35. The summed E-state index contributed by atoms with van der Waals surface area (Å²) in [5.41, 5.74) is 8.59. The van der Waals surface area contributed by atoms with E-state index >= 15 is 0 Å². The van der Waals surface area contributed by atoms with E-state index < -0.39 is 11.0 Å². The highest BCUT2D eigenvalue weighted by Gasteiger charge is 2.18. The van der Waals surface area contributed by atoms with Gasteiger partial charge in [-0.05, 0) is 18.2 Å². The number of nitrogens with one attached hydrogen (secondary N) is 1. The van der Waals surface area contributed by atoms with E-state index in [9.17, 15) is 14.9 Å². The smallest absolute Gasteiger partial charge is 0.332 e. The second-order valence-electron chi connectivity index (χ2n) is 4.63. The standard InChI is InChI=1S/C15H15N5O3/c1-19(12-5-3-2-4-6-12)13-8-7-11(9-14(13)20(22)23)10-17-18-15(16)21/h2-10H,1H3,(H3,16,18,21)/b17-10-. The topological polar surface area (TPSA) is 114 Å². The Morgan fingerprint density at radius 3 is 2.61 bits per heavy atom. The van der Waals surface area contributed by atoms with E-state index in [0.29, 0.717) is 11.3 Å². The Morgan fingerprint density at radius 1 is 1.30 bits per heavy atom. The van der Waals surface area contributed by atoms with Gasteiger partial charge in [-0.15, -0.1) is 0 Å². The van der Waals surface area contributed by atoms with Crippen molar-refractivity contribution in [3.8, 4) is 0 Å². The predicted octanol–water partition coefficient (Wildman–Crippen LogP) is 2.36. The number of nitro benzene ring substituents is 1. The molecule has 0 bridgehead atoms. The lowest BCUT2D eigenvalue weighted by Gasteiger charge is -2.19. The van der Waals surface area contributed by atoms with Crippen molar-refractivity contribution in [3.05, 3.63) is 64.2 Å². The molecule has 118 valence electrons. The maximum atomic E-state index is 11.3. The van der Waals surface area contributed by atoms with Crippen LogP contribution in [0.2, 0.25) is 0 Å². The van der Waals surface area contributed by atoms with E-state index in [4.69, 9.17) is 5.73 Å². The number of rotatable bonds is 5. The quantitative estimate of drug-likeness (QED) is 0.501. The number of benzene rings is 2. The van der Waals surface area contributed by atoms with Gasteiger partial charge in [0.2, 0.25) is 0 Å². The fourth-order valence-electron chi connectivity index (χ4n) is 2.01. The molecule has 0 aliphatic heterocycles. The van der Waals surface area contributed by atoms with Gasteiger partial charge < -0.3 is 10.6 Å². The van der Waals surface area contributed by atoms with Crippen molar-refractivity contribution in [2.75, 3.05) is 11.9 Å². The lowest BCUT2D eigenvalue weighted by Crippen LogP contribution is -2.24. The Bertz CT molecular complexity index is 746. The SMILES string of the molecule is CN(c1ccccc1)c1ccc(/C=N\NC(N)=O)cc1[N+](=O)[O-]. The molecule has 0 aromatic heterocycles. The van der Waals surface area contributed by atoms with Gasteiger partial charge in [-0.25, -0.2) is 10.2 Å². The number of anilines is 2. The zero-order valence-corrected chi connectivity index (χ0v) is 12.3. The van der Waals surface area contributed by atoms with E-state index in [2.05, 4.69) is 5.10 Å². The van der Waals surface area contributed by atoms with Crippen LogP contribution in [0, 0.1) is 10.1 Å². The second kappa shape index (κ2) is 7.03. The van der Waals surface area contributed by atoms with Crippen LogP contribution in [0.1, 0.15) is 5.56 Å². The monoisotopic (exact) mass is 313 g/mol. The molecular formula is C15H15N5O3. The minimum atomic E-state index is -0.809. The van der Waals surface area contributed by atoms with Crippen molar-refractivity contribution in [1.82, 2.24) is 5.43 Å². The summed E-state index contributed by atoms with van der Waals surface area (Å²) < 4.78 is 0. The number of nitrogens with two attached hydrogens (primary N) is 1. The van der Waals surface area contributed by atoms with E-state index in [1.165, 1.54) is 12.3 Å². The molecule has 0 aliphatic carbocycles. The summed E-state index contributed by atoms with van der Waals surface area (Å²) in [6.07, 6.45) is 1.28. The van der Waals surface area contributed by atoms with Crippen LogP contribution < -0.4 is 16.1 Å². The Morgan fingerprint density at radius 2 is 2.00 bits per heavy atom. The van der Waals surface area contributed by atoms with Gasteiger partial charge in [0, 0.05) is 24.4 Å². The highest BCUT2D eigenvalue weighted by atomic mass is 16.6. The third-order valence-electron chi connectivity index (χ3n) is 3.09. The number of urea groups is 1. The van der Waals surface area contributed by atoms with Crippen molar-refractivity contribution in [3.63, 3.8) is 0 Å². The van der Waals surface area contributed by atoms with Gasteiger partial charge in [-0.2, -0.15) is 5.10 Å². The maximum Gasteiger partial charge on any atom is 0.332 e. The number of carbonyl (C=O) groups excluding carboxylic acids is 1. The summed E-state index contributed by atoms with van der Waals surface area (Å²) in [4.78, 5) is 23.1. The highest BCUT2D eigenvalue weighted by Crippen LogP contribution is 2.32. The van der Waals surface area contributed by atoms with E-state index in [0.717, 1.165) is 5.69 Å². The summed E-state index contributed by atoms with van der Waals surface area (Å²) >= 11 is 0. The Kier molecular flexibility index (Phi) is 4.88. The molecule has 0 saturated heterocycles. The van der Waals surface area contributed by atoms with Crippen molar-refractivity contribution in [1.29, 1.82) is 0 Å². The minimum absolute atomic E-state index is 0.0700. The van der Waals surface area contributed by atoms with Crippen molar-refractivity contribution in [2.24, 2.45) is 10.8 Å². The highest BCUT2D eigenvalue weighted by molar-refractivity contribution is 5.85. The van der Waals surface area contributed by atoms with Crippen LogP contribution in [0.4, 0.5) is 21.9 Å². The number of carbonyl (C=O) groups is 1. The number of hydrogen-bond donors (Lipinski definition) is 2. The van der Waals surface area contributed by atoms with Gasteiger partial charge in [0.15, 0.2) is 0 Å². The first-order valence-electron chi connectivity index (χ1n) is 6.65. The zero-order chi connectivity index (χ0) is 16.8. The third-order valence-corrected chi connectivity index (χ3v) is 3.09. The molecule has 0 aliphatic rings. The first kappa shape index (κ1) is 16.0. The summed E-state index contributed by atoms with van der Waals surface area (Å²) in [6.45, 7) is 0. The summed E-state index contributed by atoms with van der Waals surface area (Å²) in [5, 5.41) is 14.9. The molecule has 0 heterocycles. The molecule has 8 nitrogen and oxygen atoms in total. The van der Waals surface area contributed by atoms with E-state index in [1.54, 1.807) is 24.1 Å². The van der Waals surface area contributed by atoms with Crippen LogP contribution in [0.25, 0.3) is 0 Å².